The minimum absolute atomic E-state index is 0.0206. The summed E-state index contributed by atoms with van der Waals surface area (Å²) in [6.07, 6.45) is 0.0216. The number of halogens is 1. The molecule has 0 aliphatic carbocycles. The number of hydrogen-bond donors (Lipinski definition) is 1. The standard InChI is InChI=1S/C17H18ClNO5S/c1-11(2)24-13-6-4-12(5-7-13)19-25(21,22)14-8-9-16(18)15(10-14)17(20)23-3/h4-11,19H,1-3H3. The Kier molecular flexibility index (Phi) is 5.92. The Balaban J connectivity index is 2.26. The molecule has 1 N–H and O–H groups in total. The van der Waals surface area contributed by atoms with E-state index in [1.807, 2.05) is 13.8 Å². The van der Waals surface area contributed by atoms with Gasteiger partial charge in [0, 0.05) is 5.69 Å². The molecule has 0 amide bonds. The van der Waals surface area contributed by atoms with E-state index in [9.17, 15) is 13.2 Å². The summed E-state index contributed by atoms with van der Waals surface area (Å²) in [6.45, 7) is 3.80. The molecule has 0 spiro atoms. The third-order valence-corrected chi connectivity index (χ3v) is 4.84. The molecule has 0 unspecified atom stereocenters. The van der Waals surface area contributed by atoms with Gasteiger partial charge in [0.25, 0.3) is 10.0 Å². The number of anilines is 1. The average molecular weight is 384 g/mol. The number of sulfonamides is 1. The molecule has 8 heteroatoms. The van der Waals surface area contributed by atoms with Crippen LogP contribution in [0.2, 0.25) is 5.02 Å². The molecule has 2 rings (SSSR count). The fraction of sp³-hybridized carbons (Fsp3) is 0.235. The monoisotopic (exact) mass is 383 g/mol. The van der Waals surface area contributed by atoms with Crippen molar-refractivity contribution in [1.82, 2.24) is 0 Å². The van der Waals surface area contributed by atoms with Crippen molar-refractivity contribution in [3.05, 3.63) is 53.1 Å². The van der Waals surface area contributed by atoms with Crippen LogP contribution in [0.1, 0.15) is 24.2 Å². The molecule has 6 nitrogen and oxygen atoms in total. The van der Waals surface area contributed by atoms with Crippen molar-refractivity contribution in [1.29, 1.82) is 0 Å². The predicted molar refractivity (Wildman–Crippen MR) is 95.8 cm³/mol. The average Bonchev–Trinajstić information content (AvgIpc) is 2.55. The van der Waals surface area contributed by atoms with E-state index in [4.69, 9.17) is 16.3 Å². The molecular weight excluding hydrogens is 366 g/mol. The number of benzene rings is 2. The maximum atomic E-state index is 12.5. The summed E-state index contributed by atoms with van der Waals surface area (Å²) in [7, 11) is -2.69. The molecule has 0 aliphatic rings. The summed E-state index contributed by atoms with van der Waals surface area (Å²) in [6, 6.07) is 10.3. The van der Waals surface area contributed by atoms with Gasteiger partial charge in [-0.3, -0.25) is 4.72 Å². The largest absolute Gasteiger partial charge is 0.491 e. The fourth-order valence-electron chi connectivity index (χ4n) is 2.03. The number of rotatable bonds is 6. The Morgan fingerprint density at radius 3 is 2.32 bits per heavy atom. The Morgan fingerprint density at radius 2 is 1.76 bits per heavy atom. The quantitative estimate of drug-likeness (QED) is 0.769. The van der Waals surface area contributed by atoms with Gasteiger partial charge in [0.1, 0.15) is 5.75 Å². The highest BCUT2D eigenvalue weighted by molar-refractivity contribution is 7.92. The highest BCUT2D eigenvalue weighted by atomic mass is 35.5. The van der Waals surface area contributed by atoms with Crippen molar-refractivity contribution >= 4 is 33.3 Å². The summed E-state index contributed by atoms with van der Waals surface area (Å²) >= 11 is 5.91. The predicted octanol–water partition coefficient (Wildman–Crippen LogP) is 3.71. The maximum absolute atomic E-state index is 12.5. The first-order chi connectivity index (χ1) is 11.7. The molecule has 0 fully saturated rings. The zero-order chi connectivity index (χ0) is 18.6. The van der Waals surface area contributed by atoms with E-state index in [0.29, 0.717) is 11.4 Å². The van der Waals surface area contributed by atoms with E-state index in [1.54, 1.807) is 24.3 Å². The molecule has 0 saturated heterocycles. The smallest absolute Gasteiger partial charge is 0.339 e. The number of nitrogens with one attached hydrogen (secondary N) is 1. The summed E-state index contributed by atoms with van der Waals surface area (Å²) < 4.78 is 37.5. The second kappa shape index (κ2) is 7.76. The molecule has 0 saturated carbocycles. The summed E-state index contributed by atoms with van der Waals surface area (Å²) in [5, 5.41) is 0.112. The number of carbonyl (C=O) groups excluding carboxylic acids is 1. The van der Waals surface area contributed by atoms with Crippen molar-refractivity contribution < 1.29 is 22.7 Å². The van der Waals surface area contributed by atoms with Gasteiger partial charge in [-0.2, -0.15) is 0 Å². The van der Waals surface area contributed by atoms with E-state index in [1.165, 1.54) is 25.3 Å². The molecule has 134 valence electrons. The van der Waals surface area contributed by atoms with Gasteiger partial charge in [-0.25, -0.2) is 13.2 Å². The number of esters is 1. The first kappa shape index (κ1) is 19.1. The molecule has 2 aromatic carbocycles. The summed E-state index contributed by atoms with van der Waals surface area (Å²) in [4.78, 5) is 11.6. The Labute approximate surface area is 151 Å². The highest BCUT2D eigenvalue weighted by Gasteiger charge is 2.19. The highest BCUT2D eigenvalue weighted by Crippen LogP contribution is 2.24. The van der Waals surface area contributed by atoms with Crippen LogP contribution in [-0.2, 0) is 14.8 Å². The van der Waals surface area contributed by atoms with Crippen LogP contribution in [0.5, 0.6) is 5.75 Å². The van der Waals surface area contributed by atoms with E-state index in [-0.39, 0.29) is 21.6 Å². The van der Waals surface area contributed by atoms with Crippen molar-refractivity contribution in [2.75, 3.05) is 11.8 Å². The van der Waals surface area contributed by atoms with Crippen molar-refractivity contribution in [3.8, 4) is 5.75 Å². The molecule has 0 aromatic heterocycles. The van der Waals surface area contributed by atoms with Crippen LogP contribution in [0.25, 0.3) is 0 Å². The van der Waals surface area contributed by atoms with Crippen LogP contribution in [-0.4, -0.2) is 27.6 Å². The lowest BCUT2D eigenvalue weighted by atomic mass is 10.2. The first-order valence-electron chi connectivity index (χ1n) is 7.40. The Morgan fingerprint density at radius 1 is 1.12 bits per heavy atom. The first-order valence-corrected chi connectivity index (χ1v) is 9.26. The lowest BCUT2D eigenvalue weighted by Gasteiger charge is -2.12. The third-order valence-electron chi connectivity index (χ3n) is 3.13. The van der Waals surface area contributed by atoms with E-state index < -0.39 is 16.0 Å². The molecule has 0 radical (unpaired) electrons. The van der Waals surface area contributed by atoms with Gasteiger partial charge in [0.05, 0.1) is 28.7 Å². The van der Waals surface area contributed by atoms with Gasteiger partial charge in [0.2, 0.25) is 0 Å². The van der Waals surface area contributed by atoms with Crippen LogP contribution in [0.3, 0.4) is 0 Å². The van der Waals surface area contributed by atoms with Crippen LogP contribution >= 0.6 is 11.6 Å². The number of ether oxygens (including phenoxy) is 2. The normalized spacial score (nSPS) is 11.2. The van der Waals surface area contributed by atoms with Crippen LogP contribution in [0.4, 0.5) is 5.69 Å². The second-order valence-electron chi connectivity index (χ2n) is 5.43. The van der Waals surface area contributed by atoms with Crippen molar-refractivity contribution in [2.24, 2.45) is 0 Å². The van der Waals surface area contributed by atoms with Gasteiger partial charge in [0.15, 0.2) is 0 Å². The number of methoxy groups -OCH3 is 1. The van der Waals surface area contributed by atoms with Gasteiger partial charge in [-0.1, -0.05) is 11.6 Å². The van der Waals surface area contributed by atoms with Gasteiger partial charge < -0.3 is 9.47 Å². The summed E-state index contributed by atoms with van der Waals surface area (Å²) in [5.74, 6) is -0.0744. The lowest BCUT2D eigenvalue weighted by molar-refractivity contribution is 0.0600. The van der Waals surface area contributed by atoms with Crippen LogP contribution in [0, 0.1) is 0 Å². The molecule has 0 bridgehead atoms. The van der Waals surface area contributed by atoms with E-state index in [2.05, 4.69) is 9.46 Å². The van der Waals surface area contributed by atoms with Gasteiger partial charge in [-0.05, 0) is 56.3 Å². The van der Waals surface area contributed by atoms with Crippen LogP contribution in [0.15, 0.2) is 47.4 Å². The SMILES string of the molecule is COC(=O)c1cc(S(=O)(=O)Nc2ccc(OC(C)C)cc2)ccc1Cl. The van der Waals surface area contributed by atoms with Crippen molar-refractivity contribution in [3.63, 3.8) is 0 Å². The summed E-state index contributed by atoms with van der Waals surface area (Å²) in [5.41, 5.74) is 0.346. The van der Waals surface area contributed by atoms with E-state index >= 15 is 0 Å². The maximum Gasteiger partial charge on any atom is 0.339 e. The molecule has 25 heavy (non-hydrogen) atoms. The topological polar surface area (TPSA) is 81.7 Å². The number of carbonyl (C=O) groups is 1. The van der Waals surface area contributed by atoms with Gasteiger partial charge >= 0.3 is 5.97 Å². The molecule has 0 heterocycles. The lowest BCUT2D eigenvalue weighted by Crippen LogP contribution is -2.14. The Hall–Kier alpha value is -2.25. The third kappa shape index (κ3) is 4.87. The van der Waals surface area contributed by atoms with Crippen molar-refractivity contribution in [2.45, 2.75) is 24.8 Å². The molecule has 0 aliphatic heterocycles. The van der Waals surface area contributed by atoms with Gasteiger partial charge in [-0.15, -0.1) is 0 Å². The zero-order valence-electron chi connectivity index (χ0n) is 13.9. The van der Waals surface area contributed by atoms with E-state index in [0.717, 1.165) is 0 Å². The molecule has 2 aromatic rings. The number of hydrogen-bond acceptors (Lipinski definition) is 5. The minimum Gasteiger partial charge on any atom is -0.491 e. The Bertz CT molecular complexity index is 863. The molecular formula is C17H18ClNO5S. The second-order valence-corrected chi connectivity index (χ2v) is 7.52. The zero-order valence-corrected chi connectivity index (χ0v) is 15.5. The fourth-order valence-corrected chi connectivity index (χ4v) is 3.30. The van der Waals surface area contributed by atoms with Crippen LogP contribution < -0.4 is 9.46 Å². The molecule has 0 atom stereocenters. The minimum atomic E-state index is -3.89.